The molecule has 0 aliphatic carbocycles. The molecule has 1 heterocycles. The smallest absolute Gasteiger partial charge is 0.335 e. The zero-order chi connectivity index (χ0) is 16.6. The zero-order valence-electron chi connectivity index (χ0n) is 12.0. The van der Waals surface area contributed by atoms with Crippen LogP contribution in [-0.2, 0) is 4.74 Å². The number of ether oxygens (including phenoxy) is 1. The maximum Gasteiger partial charge on any atom is 0.335 e. The van der Waals surface area contributed by atoms with Gasteiger partial charge in [0.05, 0.1) is 15.6 Å². The Kier molecular flexibility index (Phi) is 4.15. The lowest BCUT2D eigenvalue weighted by Crippen LogP contribution is -2.16. The summed E-state index contributed by atoms with van der Waals surface area (Å²) in [5.74, 6) is -0.676. The summed E-state index contributed by atoms with van der Waals surface area (Å²) in [6.45, 7) is 0. The van der Waals surface area contributed by atoms with Crippen molar-refractivity contribution in [3.05, 3.63) is 69.2 Å². The molecule has 0 spiro atoms. The zero-order valence-corrected chi connectivity index (χ0v) is 13.5. The van der Waals surface area contributed by atoms with Gasteiger partial charge >= 0.3 is 5.97 Å². The largest absolute Gasteiger partial charge is 0.478 e. The first-order chi connectivity index (χ1) is 11.0. The van der Waals surface area contributed by atoms with Gasteiger partial charge in [0.1, 0.15) is 0 Å². The third-order valence-corrected chi connectivity index (χ3v) is 4.25. The van der Waals surface area contributed by atoms with Crippen molar-refractivity contribution < 1.29 is 14.6 Å². The lowest BCUT2D eigenvalue weighted by Gasteiger charge is -2.19. The van der Waals surface area contributed by atoms with Crippen LogP contribution in [0.1, 0.15) is 27.7 Å². The molecule has 1 N–H and O–H groups in total. The molecule has 3 rings (SSSR count). The summed E-state index contributed by atoms with van der Waals surface area (Å²) in [6, 6.07) is 11.7. The number of hydrazone groups is 1. The Bertz CT molecular complexity index is 808. The van der Waals surface area contributed by atoms with Crippen molar-refractivity contribution in [2.24, 2.45) is 5.10 Å². The summed E-state index contributed by atoms with van der Waals surface area (Å²) < 4.78 is 5.86. The molecule has 0 bridgehead atoms. The average Bonchev–Trinajstić information content (AvgIpc) is 2.92. The Balaban J connectivity index is 1.91. The SMILES string of the molecule is CN1N=C(c2cccc(C(=O)O)c2)OC1c1cccc(Cl)c1Cl. The highest BCUT2D eigenvalue weighted by Gasteiger charge is 2.30. The lowest BCUT2D eigenvalue weighted by atomic mass is 10.1. The second-order valence-corrected chi connectivity index (χ2v) is 5.76. The fraction of sp³-hybridized carbons (Fsp3) is 0.125. The maximum absolute atomic E-state index is 11.1. The summed E-state index contributed by atoms with van der Waals surface area (Å²) in [7, 11) is 1.75. The van der Waals surface area contributed by atoms with Crippen molar-refractivity contribution >= 4 is 35.1 Å². The molecule has 118 valence electrons. The summed E-state index contributed by atoms with van der Waals surface area (Å²) in [4.78, 5) is 11.1. The molecule has 0 saturated heterocycles. The van der Waals surface area contributed by atoms with Crippen LogP contribution in [0.3, 0.4) is 0 Å². The van der Waals surface area contributed by atoms with Crippen molar-refractivity contribution in [1.29, 1.82) is 0 Å². The van der Waals surface area contributed by atoms with E-state index in [9.17, 15) is 4.79 Å². The Morgan fingerprint density at radius 2 is 2.00 bits per heavy atom. The van der Waals surface area contributed by atoms with Crippen LogP contribution < -0.4 is 0 Å². The van der Waals surface area contributed by atoms with E-state index in [0.29, 0.717) is 27.1 Å². The number of halogens is 2. The number of carboxylic acid groups (broad SMARTS) is 1. The predicted molar refractivity (Wildman–Crippen MR) is 88.0 cm³/mol. The maximum atomic E-state index is 11.1. The number of hydrogen-bond acceptors (Lipinski definition) is 4. The van der Waals surface area contributed by atoms with E-state index in [4.69, 9.17) is 33.0 Å². The van der Waals surface area contributed by atoms with Gasteiger partial charge in [0.2, 0.25) is 12.1 Å². The minimum absolute atomic E-state index is 0.167. The topological polar surface area (TPSA) is 62.1 Å². The van der Waals surface area contributed by atoms with Crippen molar-refractivity contribution in [2.45, 2.75) is 6.23 Å². The van der Waals surface area contributed by atoms with E-state index in [1.807, 2.05) is 6.07 Å². The molecule has 0 aromatic heterocycles. The molecule has 0 radical (unpaired) electrons. The van der Waals surface area contributed by atoms with Crippen LogP contribution in [0.4, 0.5) is 0 Å². The standard InChI is InChI=1S/C16H12Cl2N2O3/c1-20-15(11-6-3-7-12(17)13(11)18)23-14(19-20)9-4-2-5-10(8-9)16(21)22/h2-8,15H,1H3,(H,21,22). The Labute approximate surface area is 142 Å². The normalized spacial score (nSPS) is 16.9. The Morgan fingerprint density at radius 1 is 1.26 bits per heavy atom. The summed E-state index contributed by atoms with van der Waals surface area (Å²) in [6.07, 6.45) is -0.523. The highest BCUT2D eigenvalue weighted by molar-refractivity contribution is 6.42. The molecule has 1 unspecified atom stereocenters. The van der Waals surface area contributed by atoms with Crippen LogP contribution in [-0.4, -0.2) is 29.0 Å². The number of carboxylic acids is 1. The molecule has 0 amide bonds. The highest BCUT2D eigenvalue weighted by atomic mass is 35.5. The third kappa shape index (κ3) is 2.98. The van der Waals surface area contributed by atoms with Crippen molar-refractivity contribution in [3.8, 4) is 0 Å². The van der Waals surface area contributed by atoms with Crippen LogP contribution in [0.25, 0.3) is 0 Å². The molecular weight excluding hydrogens is 339 g/mol. The van der Waals surface area contributed by atoms with Gasteiger partial charge in [-0.15, -0.1) is 5.10 Å². The van der Waals surface area contributed by atoms with Crippen molar-refractivity contribution in [1.82, 2.24) is 5.01 Å². The van der Waals surface area contributed by atoms with E-state index in [-0.39, 0.29) is 5.56 Å². The van der Waals surface area contributed by atoms with Crippen LogP contribution in [0.15, 0.2) is 47.6 Å². The minimum atomic E-state index is -1.01. The van der Waals surface area contributed by atoms with Crippen LogP contribution in [0.5, 0.6) is 0 Å². The lowest BCUT2D eigenvalue weighted by molar-refractivity contribution is 0.0697. The minimum Gasteiger partial charge on any atom is -0.478 e. The van der Waals surface area contributed by atoms with E-state index >= 15 is 0 Å². The highest BCUT2D eigenvalue weighted by Crippen LogP contribution is 2.36. The van der Waals surface area contributed by atoms with E-state index in [1.165, 1.54) is 12.1 Å². The second-order valence-electron chi connectivity index (χ2n) is 4.98. The predicted octanol–water partition coefficient (Wildman–Crippen LogP) is 4.01. The molecule has 0 saturated carbocycles. The van der Waals surface area contributed by atoms with Gasteiger partial charge in [0.15, 0.2) is 0 Å². The fourth-order valence-corrected chi connectivity index (χ4v) is 2.69. The van der Waals surface area contributed by atoms with E-state index in [1.54, 1.807) is 36.3 Å². The molecule has 2 aromatic carbocycles. The van der Waals surface area contributed by atoms with Gasteiger partial charge in [-0.25, -0.2) is 4.79 Å². The van der Waals surface area contributed by atoms with Gasteiger partial charge in [0.25, 0.3) is 0 Å². The van der Waals surface area contributed by atoms with Gasteiger partial charge < -0.3 is 9.84 Å². The van der Waals surface area contributed by atoms with Gasteiger partial charge in [0, 0.05) is 18.2 Å². The van der Waals surface area contributed by atoms with E-state index in [2.05, 4.69) is 5.10 Å². The molecule has 1 aliphatic heterocycles. The first-order valence-corrected chi connectivity index (χ1v) is 7.48. The molecule has 1 atom stereocenters. The van der Waals surface area contributed by atoms with Crippen molar-refractivity contribution in [2.75, 3.05) is 7.05 Å². The Hall–Kier alpha value is -2.24. The fourth-order valence-electron chi connectivity index (χ4n) is 2.29. The van der Waals surface area contributed by atoms with Crippen LogP contribution in [0, 0.1) is 0 Å². The van der Waals surface area contributed by atoms with Gasteiger partial charge in [-0.05, 0) is 24.3 Å². The number of nitrogens with zero attached hydrogens (tertiary/aromatic N) is 2. The second kappa shape index (κ2) is 6.10. The molecular formula is C16H12Cl2N2O3. The molecule has 7 heteroatoms. The molecule has 23 heavy (non-hydrogen) atoms. The Morgan fingerprint density at radius 3 is 2.74 bits per heavy atom. The first kappa shape index (κ1) is 15.6. The number of hydrogen-bond donors (Lipinski definition) is 1. The van der Waals surface area contributed by atoms with E-state index < -0.39 is 12.2 Å². The number of aromatic carboxylic acids is 1. The molecule has 2 aromatic rings. The van der Waals surface area contributed by atoms with Gasteiger partial charge in [-0.2, -0.15) is 0 Å². The molecule has 5 nitrogen and oxygen atoms in total. The first-order valence-electron chi connectivity index (χ1n) is 6.73. The molecule has 1 aliphatic rings. The van der Waals surface area contributed by atoms with Gasteiger partial charge in [-0.1, -0.05) is 41.4 Å². The number of benzene rings is 2. The summed E-state index contributed by atoms with van der Waals surface area (Å²) in [5.41, 5.74) is 1.44. The number of rotatable bonds is 3. The van der Waals surface area contributed by atoms with Crippen LogP contribution in [0.2, 0.25) is 10.0 Å². The van der Waals surface area contributed by atoms with E-state index in [0.717, 1.165) is 0 Å². The third-order valence-electron chi connectivity index (χ3n) is 3.42. The average molecular weight is 351 g/mol. The summed E-state index contributed by atoms with van der Waals surface area (Å²) in [5, 5.41) is 15.8. The molecule has 0 fully saturated rings. The quantitative estimate of drug-likeness (QED) is 0.908. The number of carbonyl (C=O) groups is 1. The van der Waals surface area contributed by atoms with Gasteiger partial charge in [-0.3, -0.25) is 5.01 Å². The van der Waals surface area contributed by atoms with Crippen LogP contribution >= 0.6 is 23.2 Å². The van der Waals surface area contributed by atoms with Crippen molar-refractivity contribution in [3.63, 3.8) is 0 Å². The monoisotopic (exact) mass is 350 g/mol. The summed E-state index contributed by atoms with van der Waals surface area (Å²) >= 11 is 12.3.